The Morgan fingerprint density at radius 3 is 2.71 bits per heavy atom. The Hall–Kier alpha value is -0.970. The van der Waals surface area contributed by atoms with Crippen molar-refractivity contribution < 1.29 is 9.53 Å². The highest BCUT2D eigenvalue weighted by molar-refractivity contribution is 6.34. The number of carbonyl (C=O) groups excluding carboxylic acids is 1. The molecule has 21 heavy (non-hydrogen) atoms. The third-order valence-corrected chi connectivity index (χ3v) is 4.03. The van der Waals surface area contributed by atoms with E-state index in [0.717, 1.165) is 25.9 Å². The van der Waals surface area contributed by atoms with E-state index in [1.54, 1.807) is 25.1 Å². The molecule has 2 rings (SSSR count). The van der Waals surface area contributed by atoms with Gasteiger partial charge in [0.05, 0.1) is 0 Å². The number of hydrogen-bond acceptors (Lipinski definition) is 3. The van der Waals surface area contributed by atoms with Crippen LogP contribution in [0.5, 0.6) is 5.75 Å². The second-order valence-electron chi connectivity index (χ2n) is 5.25. The number of nitrogens with one attached hydrogen (secondary N) is 1. The Kier molecular flexibility index (Phi) is 5.73. The molecule has 0 aromatic heterocycles. The van der Waals surface area contributed by atoms with E-state index in [1.807, 2.05) is 11.9 Å². The van der Waals surface area contributed by atoms with Crippen LogP contribution in [0.4, 0.5) is 0 Å². The van der Waals surface area contributed by atoms with Gasteiger partial charge in [-0.15, -0.1) is 0 Å². The van der Waals surface area contributed by atoms with Gasteiger partial charge in [0.15, 0.2) is 6.10 Å². The first-order valence-electron chi connectivity index (χ1n) is 7.09. The van der Waals surface area contributed by atoms with Crippen LogP contribution in [-0.4, -0.2) is 43.1 Å². The summed E-state index contributed by atoms with van der Waals surface area (Å²) in [5.41, 5.74) is 0. The second-order valence-corrected chi connectivity index (χ2v) is 6.12. The molecule has 0 spiro atoms. The number of hydrogen-bond donors (Lipinski definition) is 1. The molecule has 2 atom stereocenters. The maximum atomic E-state index is 12.5. The highest BCUT2D eigenvalue weighted by Gasteiger charge is 2.31. The predicted molar refractivity (Wildman–Crippen MR) is 85.2 cm³/mol. The van der Waals surface area contributed by atoms with Gasteiger partial charge in [0.1, 0.15) is 5.75 Å². The summed E-state index contributed by atoms with van der Waals surface area (Å²) in [6.45, 7) is 3.35. The Morgan fingerprint density at radius 1 is 1.43 bits per heavy atom. The molecule has 0 aliphatic carbocycles. The molecule has 1 amide bonds. The quantitative estimate of drug-likeness (QED) is 0.902. The van der Waals surface area contributed by atoms with E-state index >= 15 is 0 Å². The van der Waals surface area contributed by atoms with Crippen LogP contribution in [-0.2, 0) is 4.79 Å². The van der Waals surface area contributed by atoms with Gasteiger partial charge < -0.3 is 15.0 Å². The topological polar surface area (TPSA) is 41.6 Å². The van der Waals surface area contributed by atoms with Gasteiger partial charge in [0.2, 0.25) is 0 Å². The lowest BCUT2D eigenvalue weighted by Crippen LogP contribution is -2.46. The molecule has 0 saturated carbocycles. The largest absolute Gasteiger partial charge is 0.481 e. The van der Waals surface area contributed by atoms with E-state index in [-0.39, 0.29) is 11.9 Å². The van der Waals surface area contributed by atoms with E-state index in [1.165, 1.54) is 0 Å². The van der Waals surface area contributed by atoms with E-state index in [2.05, 4.69) is 5.32 Å². The van der Waals surface area contributed by atoms with Gasteiger partial charge in [0.25, 0.3) is 5.91 Å². The summed E-state index contributed by atoms with van der Waals surface area (Å²) in [6, 6.07) is 5.20. The first kappa shape index (κ1) is 16.4. The minimum absolute atomic E-state index is 0.00356. The third-order valence-electron chi connectivity index (χ3n) is 3.60. The molecule has 1 saturated heterocycles. The first-order chi connectivity index (χ1) is 10.0. The van der Waals surface area contributed by atoms with Gasteiger partial charge >= 0.3 is 0 Å². The van der Waals surface area contributed by atoms with Crippen LogP contribution >= 0.6 is 23.2 Å². The smallest absolute Gasteiger partial charge is 0.263 e. The summed E-state index contributed by atoms with van der Waals surface area (Å²) in [5, 5.41) is 4.11. The van der Waals surface area contributed by atoms with Gasteiger partial charge in [-0.2, -0.15) is 0 Å². The van der Waals surface area contributed by atoms with Crippen molar-refractivity contribution in [1.29, 1.82) is 0 Å². The fourth-order valence-corrected chi connectivity index (χ4v) is 3.16. The molecule has 1 aromatic rings. The lowest BCUT2D eigenvalue weighted by atomic mass is 10.2. The number of amides is 1. The van der Waals surface area contributed by atoms with Crippen LogP contribution in [0.15, 0.2) is 18.2 Å². The van der Waals surface area contributed by atoms with Crippen LogP contribution in [0.2, 0.25) is 10.0 Å². The minimum Gasteiger partial charge on any atom is -0.481 e. The molecule has 4 nitrogen and oxygen atoms in total. The number of halogens is 2. The van der Waals surface area contributed by atoms with Gasteiger partial charge in [-0.25, -0.2) is 0 Å². The first-order valence-corrected chi connectivity index (χ1v) is 7.84. The van der Waals surface area contributed by atoms with E-state index < -0.39 is 6.10 Å². The fraction of sp³-hybridized carbons (Fsp3) is 0.533. The molecule has 2 unspecified atom stereocenters. The molecule has 1 aliphatic heterocycles. The molecule has 6 heteroatoms. The average Bonchev–Trinajstić information content (AvgIpc) is 2.85. The van der Waals surface area contributed by atoms with Crippen molar-refractivity contribution in [2.45, 2.75) is 31.9 Å². The monoisotopic (exact) mass is 330 g/mol. The highest BCUT2D eigenvalue weighted by Crippen LogP contribution is 2.26. The van der Waals surface area contributed by atoms with Crippen LogP contribution in [0.25, 0.3) is 0 Å². The summed E-state index contributed by atoms with van der Waals surface area (Å²) < 4.78 is 5.70. The molecule has 0 bridgehead atoms. The van der Waals surface area contributed by atoms with Crippen molar-refractivity contribution in [3.05, 3.63) is 28.2 Å². The van der Waals surface area contributed by atoms with Gasteiger partial charge in [-0.1, -0.05) is 23.2 Å². The Balaban J connectivity index is 2.02. The Labute approximate surface area is 135 Å². The lowest BCUT2D eigenvalue weighted by Gasteiger charge is -2.27. The minimum atomic E-state index is -0.558. The zero-order valence-electron chi connectivity index (χ0n) is 12.2. The third kappa shape index (κ3) is 4.25. The van der Waals surface area contributed by atoms with Crippen LogP contribution in [0, 0.1) is 0 Å². The van der Waals surface area contributed by atoms with Gasteiger partial charge in [-0.3, -0.25) is 4.79 Å². The molecule has 1 heterocycles. The zero-order chi connectivity index (χ0) is 15.4. The number of nitrogens with zero attached hydrogens (tertiary/aromatic N) is 1. The standard InChI is InChI=1S/C15H20Cl2N2O2/c1-10(21-14-7-11(16)6-12(17)8-14)15(20)19-5-3-4-13(19)9-18-2/h6-8,10,13,18H,3-5,9H2,1-2H3. The molecular weight excluding hydrogens is 311 g/mol. The SMILES string of the molecule is CNCC1CCCN1C(=O)C(C)Oc1cc(Cl)cc(Cl)c1. The van der Waals surface area contributed by atoms with Crippen molar-refractivity contribution in [3.63, 3.8) is 0 Å². The predicted octanol–water partition coefficient (Wildman–Crippen LogP) is 2.97. The van der Waals surface area contributed by atoms with E-state index in [9.17, 15) is 4.79 Å². The van der Waals surface area contributed by atoms with Gasteiger partial charge in [-0.05, 0) is 45.0 Å². The molecule has 0 radical (unpaired) electrons. The number of likely N-dealkylation sites (tertiary alicyclic amines) is 1. The van der Waals surface area contributed by atoms with Crippen molar-refractivity contribution in [1.82, 2.24) is 10.2 Å². The lowest BCUT2D eigenvalue weighted by molar-refractivity contribution is -0.138. The maximum absolute atomic E-state index is 12.5. The van der Waals surface area contributed by atoms with Crippen molar-refractivity contribution >= 4 is 29.1 Å². The summed E-state index contributed by atoms with van der Waals surface area (Å²) >= 11 is 11.9. The molecule has 1 N–H and O–H groups in total. The number of likely N-dealkylation sites (N-methyl/N-ethyl adjacent to an activating group) is 1. The van der Waals surface area contributed by atoms with Gasteiger partial charge in [0, 0.05) is 29.2 Å². The van der Waals surface area contributed by atoms with Crippen LogP contribution in [0.1, 0.15) is 19.8 Å². The normalized spacial score (nSPS) is 19.6. The number of ether oxygens (including phenoxy) is 1. The molecule has 1 fully saturated rings. The number of benzene rings is 1. The van der Waals surface area contributed by atoms with Crippen molar-refractivity contribution in [2.75, 3.05) is 20.1 Å². The average molecular weight is 331 g/mol. The van der Waals surface area contributed by atoms with Crippen molar-refractivity contribution in [3.8, 4) is 5.75 Å². The summed E-state index contributed by atoms with van der Waals surface area (Å²) in [5.74, 6) is 0.515. The van der Waals surface area contributed by atoms with Crippen molar-refractivity contribution in [2.24, 2.45) is 0 Å². The van der Waals surface area contributed by atoms with E-state index in [0.29, 0.717) is 15.8 Å². The summed E-state index contributed by atoms with van der Waals surface area (Å²) in [6.07, 6.45) is 1.51. The Bertz CT molecular complexity index is 490. The Morgan fingerprint density at radius 2 is 2.10 bits per heavy atom. The molecular formula is C15H20Cl2N2O2. The maximum Gasteiger partial charge on any atom is 0.263 e. The van der Waals surface area contributed by atoms with E-state index in [4.69, 9.17) is 27.9 Å². The van der Waals surface area contributed by atoms with Crippen LogP contribution in [0.3, 0.4) is 0 Å². The summed E-state index contributed by atoms with van der Waals surface area (Å²) in [4.78, 5) is 14.4. The number of carbonyl (C=O) groups is 1. The zero-order valence-corrected chi connectivity index (χ0v) is 13.7. The number of rotatable bonds is 5. The molecule has 1 aliphatic rings. The highest BCUT2D eigenvalue weighted by atomic mass is 35.5. The molecule has 116 valence electrons. The second kappa shape index (κ2) is 7.34. The fourth-order valence-electron chi connectivity index (χ4n) is 2.66. The van der Waals surface area contributed by atoms with Crippen LogP contribution < -0.4 is 10.1 Å². The molecule has 1 aromatic carbocycles. The summed E-state index contributed by atoms with van der Waals surface area (Å²) in [7, 11) is 1.90.